The van der Waals surface area contributed by atoms with Gasteiger partial charge < -0.3 is 9.80 Å². The Balaban J connectivity index is 0.000000956. The summed E-state index contributed by atoms with van der Waals surface area (Å²) in [6, 6.07) is 9.15. The number of anilines is 1. The molecule has 20 heavy (non-hydrogen) atoms. The molecular weight excluding hydrogens is 248 g/mol. The van der Waals surface area contributed by atoms with Gasteiger partial charge in [-0.3, -0.25) is 4.79 Å². The SMILES string of the molecule is CC.CC(=O)N1C(C)CN(c2ccc(C)cc2)CC1C. The second kappa shape index (κ2) is 7.32. The fraction of sp³-hybridized carbons (Fsp3) is 0.588. The smallest absolute Gasteiger partial charge is 0.220 e. The zero-order chi connectivity index (χ0) is 15.3. The van der Waals surface area contributed by atoms with Gasteiger partial charge in [0, 0.05) is 37.8 Å². The quantitative estimate of drug-likeness (QED) is 0.784. The van der Waals surface area contributed by atoms with Gasteiger partial charge in [-0.2, -0.15) is 0 Å². The Hall–Kier alpha value is -1.51. The standard InChI is InChI=1S/C15H22N2O.C2H6/c1-11-5-7-15(8-6-11)16-9-12(2)17(14(4)18)13(3)10-16;1-2/h5-8,12-13H,9-10H2,1-4H3;1-2H3. The largest absolute Gasteiger partial charge is 0.367 e. The molecule has 0 N–H and O–H groups in total. The summed E-state index contributed by atoms with van der Waals surface area (Å²) in [5.41, 5.74) is 2.53. The minimum Gasteiger partial charge on any atom is -0.367 e. The molecule has 1 fully saturated rings. The highest BCUT2D eigenvalue weighted by Crippen LogP contribution is 2.22. The lowest BCUT2D eigenvalue weighted by Crippen LogP contribution is -2.58. The Morgan fingerprint density at radius 1 is 1.05 bits per heavy atom. The molecule has 3 nitrogen and oxygen atoms in total. The van der Waals surface area contributed by atoms with E-state index in [9.17, 15) is 4.79 Å². The van der Waals surface area contributed by atoms with Crippen molar-refractivity contribution in [1.82, 2.24) is 4.90 Å². The van der Waals surface area contributed by atoms with Crippen LogP contribution in [0.15, 0.2) is 24.3 Å². The lowest BCUT2D eigenvalue weighted by molar-refractivity contribution is -0.133. The fourth-order valence-electron chi connectivity index (χ4n) is 2.91. The predicted octanol–water partition coefficient (Wildman–Crippen LogP) is 3.47. The van der Waals surface area contributed by atoms with E-state index < -0.39 is 0 Å². The molecule has 1 heterocycles. The first-order valence-corrected chi connectivity index (χ1v) is 7.59. The summed E-state index contributed by atoms with van der Waals surface area (Å²) >= 11 is 0. The first-order valence-electron chi connectivity index (χ1n) is 7.59. The highest BCUT2D eigenvalue weighted by atomic mass is 16.2. The Morgan fingerprint density at radius 3 is 1.90 bits per heavy atom. The van der Waals surface area contributed by atoms with E-state index in [2.05, 4.69) is 49.9 Å². The van der Waals surface area contributed by atoms with Crippen molar-refractivity contribution in [1.29, 1.82) is 0 Å². The van der Waals surface area contributed by atoms with Crippen LogP contribution < -0.4 is 4.90 Å². The van der Waals surface area contributed by atoms with Crippen LogP contribution in [0.2, 0.25) is 0 Å². The van der Waals surface area contributed by atoms with Gasteiger partial charge in [-0.1, -0.05) is 31.5 Å². The molecule has 3 heteroatoms. The minimum absolute atomic E-state index is 0.179. The molecule has 0 radical (unpaired) electrons. The molecule has 2 atom stereocenters. The van der Waals surface area contributed by atoms with Gasteiger partial charge in [-0.25, -0.2) is 0 Å². The van der Waals surface area contributed by atoms with Crippen LogP contribution in [-0.4, -0.2) is 36.0 Å². The second-order valence-corrected chi connectivity index (χ2v) is 5.36. The molecule has 1 aromatic carbocycles. The summed E-state index contributed by atoms with van der Waals surface area (Å²) in [6.07, 6.45) is 0. The number of carbonyl (C=O) groups excluding carboxylic acids is 1. The summed E-state index contributed by atoms with van der Waals surface area (Å²) in [5, 5.41) is 0. The summed E-state index contributed by atoms with van der Waals surface area (Å²) in [5.74, 6) is 0.179. The molecule has 2 unspecified atom stereocenters. The van der Waals surface area contributed by atoms with Gasteiger partial charge in [0.25, 0.3) is 0 Å². The van der Waals surface area contributed by atoms with Crippen LogP contribution in [0.5, 0.6) is 0 Å². The number of aryl methyl sites for hydroxylation is 1. The average Bonchev–Trinajstić information content (AvgIpc) is 2.40. The van der Waals surface area contributed by atoms with Gasteiger partial charge in [0.1, 0.15) is 0 Å². The Bertz CT molecular complexity index is 415. The topological polar surface area (TPSA) is 23.6 Å². The molecular formula is C17H28N2O. The number of nitrogens with zero attached hydrogens (tertiary/aromatic N) is 2. The van der Waals surface area contributed by atoms with Crippen molar-refractivity contribution in [3.8, 4) is 0 Å². The van der Waals surface area contributed by atoms with Crippen LogP contribution in [0.3, 0.4) is 0 Å². The van der Waals surface area contributed by atoms with Crippen LogP contribution in [-0.2, 0) is 4.79 Å². The van der Waals surface area contributed by atoms with Gasteiger partial charge in [-0.05, 0) is 32.9 Å². The van der Waals surface area contributed by atoms with Gasteiger partial charge in [0.05, 0.1) is 0 Å². The van der Waals surface area contributed by atoms with E-state index in [0.717, 1.165) is 13.1 Å². The van der Waals surface area contributed by atoms with E-state index >= 15 is 0 Å². The molecule has 0 saturated carbocycles. The molecule has 1 aliphatic rings. The summed E-state index contributed by atoms with van der Waals surface area (Å²) in [7, 11) is 0. The summed E-state index contributed by atoms with van der Waals surface area (Å²) in [6.45, 7) is 13.8. The first-order chi connectivity index (χ1) is 9.49. The third-order valence-electron chi connectivity index (χ3n) is 3.68. The minimum atomic E-state index is 0.179. The average molecular weight is 276 g/mol. The normalized spacial score (nSPS) is 22.1. The first kappa shape index (κ1) is 16.5. The van der Waals surface area contributed by atoms with E-state index in [1.165, 1.54) is 11.3 Å². The maximum atomic E-state index is 11.6. The van der Waals surface area contributed by atoms with E-state index in [1.54, 1.807) is 6.92 Å². The molecule has 1 saturated heterocycles. The lowest BCUT2D eigenvalue weighted by Gasteiger charge is -2.45. The van der Waals surface area contributed by atoms with Crippen LogP contribution in [0, 0.1) is 6.92 Å². The number of hydrogen-bond donors (Lipinski definition) is 0. The number of benzene rings is 1. The molecule has 0 aliphatic carbocycles. The lowest BCUT2D eigenvalue weighted by atomic mass is 10.1. The van der Waals surface area contributed by atoms with Crippen LogP contribution in [0.1, 0.15) is 40.2 Å². The van der Waals surface area contributed by atoms with Crippen molar-refractivity contribution in [2.75, 3.05) is 18.0 Å². The maximum absolute atomic E-state index is 11.6. The molecule has 0 bridgehead atoms. The van der Waals surface area contributed by atoms with Crippen molar-refractivity contribution in [2.24, 2.45) is 0 Å². The fourth-order valence-corrected chi connectivity index (χ4v) is 2.91. The van der Waals surface area contributed by atoms with E-state index in [4.69, 9.17) is 0 Å². The van der Waals surface area contributed by atoms with Gasteiger partial charge >= 0.3 is 0 Å². The zero-order valence-electron chi connectivity index (χ0n) is 13.7. The van der Waals surface area contributed by atoms with E-state index in [0.29, 0.717) is 0 Å². The highest BCUT2D eigenvalue weighted by Gasteiger charge is 2.30. The van der Waals surface area contributed by atoms with Crippen molar-refractivity contribution in [3.63, 3.8) is 0 Å². The van der Waals surface area contributed by atoms with E-state index in [-0.39, 0.29) is 18.0 Å². The number of piperazine rings is 1. The molecule has 2 rings (SSSR count). The molecule has 0 spiro atoms. The molecule has 112 valence electrons. The van der Waals surface area contributed by atoms with Crippen molar-refractivity contribution in [3.05, 3.63) is 29.8 Å². The van der Waals surface area contributed by atoms with Crippen molar-refractivity contribution < 1.29 is 4.79 Å². The predicted molar refractivity (Wildman–Crippen MR) is 86.2 cm³/mol. The van der Waals surface area contributed by atoms with Crippen LogP contribution in [0.25, 0.3) is 0 Å². The van der Waals surface area contributed by atoms with Crippen LogP contribution >= 0.6 is 0 Å². The van der Waals surface area contributed by atoms with Gasteiger partial charge in [-0.15, -0.1) is 0 Å². The monoisotopic (exact) mass is 276 g/mol. The Kier molecular flexibility index (Phi) is 6.05. The summed E-state index contributed by atoms with van der Waals surface area (Å²) in [4.78, 5) is 16.0. The van der Waals surface area contributed by atoms with Gasteiger partial charge in [0.2, 0.25) is 5.91 Å². The third kappa shape index (κ3) is 3.75. The Labute approximate surface area is 123 Å². The molecule has 1 amide bonds. The van der Waals surface area contributed by atoms with Gasteiger partial charge in [0.15, 0.2) is 0 Å². The molecule has 1 aliphatic heterocycles. The second-order valence-electron chi connectivity index (χ2n) is 5.36. The summed E-state index contributed by atoms with van der Waals surface area (Å²) < 4.78 is 0. The third-order valence-corrected chi connectivity index (χ3v) is 3.68. The van der Waals surface area contributed by atoms with E-state index in [1.807, 2.05) is 18.7 Å². The van der Waals surface area contributed by atoms with Crippen LogP contribution in [0.4, 0.5) is 5.69 Å². The van der Waals surface area contributed by atoms with Crippen molar-refractivity contribution >= 4 is 11.6 Å². The van der Waals surface area contributed by atoms with Crippen molar-refractivity contribution in [2.45, 2.75) is 53.6 Å². The number of carbonyl (C=O) groups is 1. The maximum Gasteiger partial charge on any atom is 0.220 e. The zero-order valence-corrected chi connectivity index (χ0v) is 13.7. The number of rotatable bonds is 1. The molecule has 1 aromatic rings. The Morgan fingerprint density at radius 2 is 1.50 bits per heavy atom. The highest BCUT2D eigenvalue weighted by molar-refractivity contribution is 5.74. The number of hydrogen-bond acceptors (Lipinski definition) is 2. The molecule has 0 aromatic heterocycles. The number of amides is 1.